The molecular weight excluding hydrogens is 442 g/mol. The van der Waals surface area contributed by atoms with Crippen LogP contribution in [0.25, 0.3) is 6.08 Å². The van der Waals surface area contributed by atoms with E-state index in [4.69, 9.17) is 9.47 Å². The quantitative estimate of drug-likeness (QED) is 0.636. The zero-order valence-electron chi connectivity index (χ0n) is 20.1. The third-order valence-electron chi connectivity index (χ3n) is 7.10. The molecule has 0 unspecified atom stereocenters. The molecule has 3 aliphatic heterocycles. The summed E-state index contributed by atoms with van der Waals surface area (Å²) in [7, 11) is 0. The number of nitrogens with one attached hydrogen (secondary N) is 1. The zero-order chi connectivity index (χ0) is 24.0. The van der Waals surface area contributed by atoms with Crippen molar-refractivity contribution in [2.45, 2.75) is 38.5 Å². The Morgan fingerprint density at radius 1 is 0.857 bits per heavy atom. The third-order valence-corrected chi connectivity index (χ3v) is 7.10. The zero-order valence-corrected chi connectivity index (χ0v) is 20.1. The number of ether oxygens (including phenoxy) is 2. The number of hydrogen-bond acceptors (Lipinski definition) is 5. The van der Waals surface area contributed by atoms with Gasteiger partial charge in [-0.25, -0.2) is 0 Å². The molecule has 0 aliphatic carbocycles. The summed E-state index contributed by atoms with van der Waals surface area (Å²) >= 11 is 0. The summed E-state index contributed by atoms with van der Waals surface area (Å²) in [6.07, 6.45) is 9.99. The molecule has 3 heterocycles. The highest BCUT2D eigenvalue weighted by Gasteiger charge is 2.27. The van der Waals surface area contributed by atoms with E-state index in [9.17, 15) is 9.59 Å². The minimum atomic E-state index is -0.111. The van der Waals surface area contributed by atoms with Crippen LogP contribution in [0.2, 0.25) is 0 Å². The first-order valence-electron chi connectivity index (χ1n) is 12.7. The molecule has 2 saturated heterocycles. The Labute approximate surface area is 206 Å². The van der Waals surface area contributed by atoms with Crippen LogP contribution in [0.4, 0.5) is 11.4 Å². The molecule has 184 valence electrons. The van der Waals surface area contributed by atoms with Crippen LogP contribution in [0.3, 0.4) is 0 Å². The van der Waals surface area contributed by atoms with Crippen molar-refractivity contribution in [3.63, 3.8) is 0 Å². The van der Waals surface area contributed by atoms with Gasteiger partial charge in [0.05, 0.1) is 0 Å². The number of carbonyl (C=O) groups is 2. The van der Waals surface area contributed by atoms with Crippen molar-refractivity contribution >= 4 is 29.3 Å². The van der Waals surface area contributed by atoms with E-state index in [1.165, 1.54) is 31.4 Å². The van der Waals surface area contributed by atoms with Crippen LogP contribution in [0, 0.1) is 5.92 Å². The third kappa shape index (κ3) is 5.78. The first-order valence-corrected chi connectivity index (χ1v) is 12.7. The van der Waals surface area contributed by atoms with Gasteiger partial charge in [-0.15, -0.1) is 0 Å². The number of fused-ring (bicyclic) bond motifs is 1. The highest BCUT2D eigenvalue weighted by Crippen LogP contribution is 2.34. The Morgan fingerprint density at radius 2 is 1.57 bits per heavy atom. The molecule has 0 radical (unpaired) electrons. The average molecular weight is 476 g/mol. The molecule has 2 amide bonds. The molecule has 1 N–H and O–H groups in total. The molecule has 7 nitrogen and oxygen atoms in total. The predicted octanol–water partition coefficient (Wildman–Crippen LogP) is 4.69. The number of rotatable bonds is 5. The fourth-order valence-electron chi connectivity index (χ4n) is 4.98. The minimum absolute atomic E-state index is 0.00350. The molecule has 7 heteroatoms. The van der Waals surface area contributed by atoms with Gasteiger partial charge in [0.2, 0.25) is 18.6 Å². The van der Waals surface area contributed by atoms with Gasteiger partial charge in [0.25, 0.3) is 0 Å². The first-order chi connectivity index (χ1) is 17.2. The lowest BCUT2D eigenvalue weighted by molar-refractivity contribution is -0.130. The largest absolute Gasteiger partial charge is 0.454 e. The van der Waals surface area contributed by atoms with Gasteiger partial charge < -0.3 is 24.6 Å². The number of hydrogen-bond donors (Lipinski definition) is 1. The van der Waals surface area contributed by atoms with Crippen molar-refractivity contribution in [3.05, 3.63) is 54.1 Å². The maximum atomic E-state index is 12.7. The number of amides is 2. The van der Waals surface area contributed by atoms with Gasteiger partial charge in [-0.3, -0.25) is 9.59 Å². The van der Waals surface area contributed by atoms with Crippen LogP contribution in [0.5, 0.6) is 11.5 Å². The fourth-order valence-corrected chi connectivity index (χ4v) is 4.98. The molecule has 5 rings (SSSR count). The second-order valence-corrected chi connectivity index (χ2v) is 9.48. The van der Waals surface area contributed by atoms with E-state index < -0.39 is 0 Å². The molecule has 2 aromatic carbocycles. The first kappa shape index (κ1) is 23.3. The molecule has 3 aliphatic rings. The molecule has 2 aromatic rings. The summed E-state index contributed by atoms with van der Waals surface area (Å²) in [6.45, 7) is 3.61. The number of carbonyl (C=O) groups excluding carboxylic acids is 2. The second kappa shape index (κ2) is 10.8. The molecule has 0 bridgehead atoms. The van der Waals surface area contributed by atoms with E-state index in [-0.39, 0.29) is 24.5 Å². The summed E-state index contributed by atoms with van der Waals surface area (Å²) in [5, 5.41) is 2.97. The average Bonchev–Trinajstić information content (AvgIpc) is 3.19. The normalized spacial score (nSPS) is 18.5. The van der Waals surface area contributed by atoms with Crippen LogP contribution in [-0.4, -0.2) is 49.7 Å². The van der Waals surface area contributed by atoms with Crippen molar-refractivity contribution < 1.29 is 19.1 Å². The highest BCUT2D eigenvalue weighted by atomic mass is 16.7. The Balaban J connectivity index is 1.09. The van der Waals surface area contributed by atoms with E-state index in [0.29, 0.717) is 43.1 Å². The molecular formula is C28H33N3O4. The van der Waals surface area contributed by atoms with E-state index in [1.807, 2.05) is 17.0 Å². The number of likely N-dealkylation sites (tertiary alicyclic amines) is 1. The van der Waals surface area contributed by atoms with E-state index in [2.05, 4.69) is 34.5 Å². The van der Waals surface area contributed by atoms with Crippen molar-refractivity contribution in [2.24, 2.45) is 5.92 Å². The summed E-state index contributed by atoms with van der Waals surface area (Å²) in [6, 6.07) is 13.9. The maximum absolute atomic E-state index is 12.7. The van der Waals surface area contributed by atoms with Crippen LogP contribution in [-0.2, 0) is 9.59 Å². The van der Waals surface area contributed by atoms with Crippen LogP contribution in [0.15, 0.2) is 48.5 Å². The highest BCUT2D eigenvalue weighted by molar-refractivity contribution is 5.94. The molecule has 0 saturated carbocycles. The Bertz CT molecular complexity index is 1070. The van der Waals surface area contributed by atoms with E-state index >= 15 is 0 Å². The lowest BCUT2D eigenvalue weighted by atomic mass is 9.95. The standard InChI is InChI=1S/C28H33N3O4/c32-27(12-7-21-5-9-24(10-6-21)30-15-3-1-2-4-16-30)31-17-13-22(14-18-31)28(33)29-23-8-11-25-26(19-23)35-20-34-25/h5-12,19,22H,1-4,13-18,20H2,(H,29,33). The van der Waals surface area contributed by atoms with Gasteiger partial charge in [0.1, 0.15) is 0 Å². The number of benzene rings is 2. The predicted molar refractivity (Wildman–Crippen MR) is 137 cm³/mol. The molecule has 0 atom stereocenters. The minimum Gasteiger partial charge on any atom is -0.454 e. The topological polar surface area (TPSA) is 71.1 Å². The summed E-state index contributed by atoms with van der Waals surface area (Å²) in [4.78, 5) is 29.7. The van der Waals surface area contributed by atoms with Crippen molar-refractivity contribution in [1.82, 2.24) is 4.90 Å². The number of nitrogens with zero attached hydrogens (tertiary/aromatic N) is 2. The summed E-state index contributed by atoms with van der Waals surface area (Å²) in [5.74, 6) is 1.20. The number of piperidine rings is 1. The molecule has 0 aromatic heterocycles. The number of anilines is 2. The van der Waals surface area contributed by atoms with E-state index in [1.54, 1.807) is 18.2 Å². The van der Waals surface area contributed by atoms with Crippen LogP contribution >= 0.6 is 0 Å². The summed E-state index contributed by atoms with van der Waals surface area (Å²) < 4.78 is 10.7. The SMILES string of the molecule is O=C(Nc1ccc2c(c1)OCO2)C1CCN(C(=O)C=Cc2ccc(N3CCCCCC3)cc2)CC1. The van der Waals surface area contributed by atoms with Gasteiger partial charge in [0, 0.05) is 55.6 Å². The Kier molecular flexibility index (Phi) is 7.21. The fraction of sp³-hybridized carbons (Fsp3) is 0.429. The van der Waals surface area contributed by atoms with Crippen molar-refractivity contribution in [2.75, 3.05) is 43.2 Å². The summed E-state index contributed by atoms with van der Waals surface area (Å²) in [5.41, 5.74) is 2.98. The van der Waals surface area contributed by atoms with Crippen molar-refractivity contribution in [3.8, 4) is 11.5 Å². The van der Waals surface area contributed by atoms with Gasteiger partial charge in [-0.05, 0) is 61.6 Å². The Hall–Kier alpha value is -3.48. The van der Waals surface area contributed by atoms with E-state index in [0.717, 1.165) is 18.7 Å². The lowest BCUT2D eigenvalue weighted by Gasteiger charge is -2.30. The lowest BCUT2D eigenvalue weighted by Crippen LogP contribution is -2.40. The van der Waals surface area contributed by atoms with Gasteiger partial charge in [-0.2, -0.15) is 0 Å². The van der Waals surface area contributed by atoms with Crippen molar-refractivity contribution in [1.29, 1.82) is 0 Å². The van der Waals surface area contributed by atoms with Gasteiger partial charge in [0.15, 0.2) is 11.5 Å². The van der Waals surface area contributed by atoms with Gasteiger partial charge in [-0.1, -0.05) is 25.0 Å². The van der Waals surface area contributed by atoms with Crippen LogP contribution in [0.1, 0.15) is 44.1 Å². The molecule has 2 fully saturated rings. The molecule has 35 heavy (non-hydrogen) atoms. The Morgan fingerprint density at radius 3 is 2.31 bits per heavy atom. The van der Waals surface area contributed by atoms with Gasteiger partial charge >= 0.3 is 0 Å². The second-order valence-electron chi connectivity index (χ2n) is 9.48. The molecule has 0 spiro atoms. The monoisotopic (exact) mass is 475 g/mol. The maximum Gasteiger partial charge on any atom is 0.246 e. The smallest absolute Gasteiger partial charge is 0.246 e. The van der Waals surface area contributed by atoms with Crippen LogP contribution < -0.4 is 19.7 Å².